The first kappa shape index (κ1) is 22.6. The van der Waals surface area contributed by atoms with Crippen LogP contribution in [0.5, 0.6) is 0 Å². The maximum Gasteiger partial charge on any atom is 0.248 e. The lowest BCUT2D eigenvalue weighted by Gasteiger charge is -2.14. The minimum atomic E-state index is -3.60. The Bertz CT molecular complexity index is 1180. The molecule has 164 valence electrons. The van der Waals surface area contributed by atoms with E-state index >= 15 is 0 Å². The normalized spacial score (nSPS) is 11.8. The number of anilines is 1. The number of sulfonamides is 1. The van der Waals surface area contributed by atoms with Crippen molar-refractivity contribution in [2.75, 3.05) is 19.4 Å². The SMILES string of the molecule is Cc1ccc(S(=O)(=O)N(C)C)cc1NC(=O)Cn1nnc(-c2ccc(C(C)C)cc2)n1. The fourth-order valence-electron chi connectivity index (χ4n) is 2.87. The molecule has 10 heteroatoms. The maximum absolute atomic E-state index is 12.5. The van der Waals surface area contributed by atoms with Crippen molar-refractivity contribution in [3.05, 3.63) is 53.6 Å². The van der Waals surface area contributed by atoms with Crippen molar-refractivity contribution in [3.8, 4) is 11.4 Å². The van der Waals surface area contributed by atoms with Gasteiger partial charge < -0.3 is 5.32 Å². The molecule has 0 aliphatic heterocycles. The van der Waals surface area contributed by atoms with Crippen LogP contribution in [0.25, 0.3) is 11.4 Å². The summed E-state index contributed by atoms with van der Waals surface area (Å²) in [5.41, 5.74) is 3.18. The average molecular weight is 443 g/mol. The van der Waals surface area contributed by atoms with Crippen LogP contribution in [-0.2, 0) is 21.4 Å². The van der Waals surface area contributed by atoms with Gasteiger partial charge in [0.1, 0.15) is 6.54 Å². The van der Waals surface area contributed by atoms with Gasteiger partial charge in [0.15, 0.2) is 0 Å². The van der Waals surface area contributed by atoms with Gasteiger partial charge in [-0.25, -0.2) is 12.7 Å². The number of benzene rings is 2. The van der Waals surface area contributed by atoms with Gasteiger partial charge in [0.25, 0.3) is 0 Å². The molecule has 1 N–H and O–H groups in total. The van der Waals surface area contributed by atoms with Crippen molar-refractivity contribution < 1.29 is 13.2 Å². The first-order valence-electron chi connectivity index (χ1n) is 9.79. The number of hydrogen-bond acceptors (Lipinski definition) is 6. The number of nitrogens with zero attached hydrogens (tertiary/aromatic N) is 5. The topological polar surface area (TPSA) is 110 Å². The number of nitrogens with one attached hydrogen (secondary N) is 1. The van der Waals surface area contributed by atoms with Crippen LogP contribution < -0.4 is 5.32 Å². The predicted molar refractivity (Wildman–Crippen MR) is 118 cm³/mol. The monoisotopic (exact) mass is 442 g/mol. The Morgan fingerprint density at radius 1 is 1.13 bits per heavy atom. The van der Waals surface area contributed by atoms with Gasteiger partial charge in [-0.1, -0.05) is 44.2 Å². The molecule has 0 spiro atoms. The van der Waals surface area contributed by atoms with Crippen LogP contribution in [-0.4, -0.2) is 52.9 Å². The van der Waals surface area contributed by atoms with Crippen molar-refractivity contribution in [2.24, 2.45) is 0 Å². The number of aromatic nitrogens is 4. The molecular weight excluding hydrogens is 416 g/mol. The molecule has 0 unspecified atom stereocenters. The quantitative estimate of drug-likeness (QED) is 0.602. The van der Waals surface area contributed by atoms with Crippen molar-refractivity contribution in [2.45, 2.75) is 38.1 Å². The molecular formula is C21H26N6O3S. The Kier molecular flexibility index (Phi) is 6.51. The zero-order valence-corrected chi connectivity index (χ0v) is 19.0. The van der Waals surface area contributed by atoms with Gasteiger partial charge in [0, 0.05) is 25.3 Å². The molecule has 0 fully saturated rings. The van der Waals surface area contributed by atoms with E-state index in [0.717, 1.165) is 15.4 Å². The molecule has 3 rings (SSSR count). The lowest BCUT2D eigenvalue weighted by atomic mass is 10.0. The molecule has 1 amide bonds. The summed E-state index contributed by atoms with van der Waals surface area (Å²) < 4.78 is 25.8. The predicted octanol–water partition coefficient (Wildman–Crippen LogP) is 2.66. The Labute approximate surface area is 182 Å². The fraction of sp³-hybridized carbons (Fsp3) is 0.333. The molecule has 0 aliphatic carbocycles. The summed E-state index contributed by atoms with van der Waals surface area (Å²) in [6, 6.07) is 12.5. The molecule has 0 atom stereocenters. The third-order valence-electron chi connectivity index (χ3n) is 4.84. The van der Waals surface area contributed by atoms with Crippen LogP contribution in [0.4, 0.5) is 5.69 Å². The molecule has 31 heavy (non-hydrogen) atoms. The Morgan fingerprint density at radius 3 is 2.42 bits per heavy atom. The minimum absolute atomic E-state index is 0.101. The number of aryl methyl sites for hydroxylation is 1. The Hall–Kier alpha value is -3.11. The van der Waals surface area contributed by atoms with Crippen LogP contribution in [0.3, 0.4) is 0 Å². The second kappa shape index (κ2) is 8.94. The number of tetrazole rings is 1. The van der Waals surface area contributed by atoms with Crippen molar-refractivity contribution in [1.29, 1.82) is 0 Å². The van der Waals surface area contributed by atoms with Crippen LogP contribution in [0.1, 0.15) is 30.9 Å². The highest BCUT2D eigenvalue weighted by atomic mass is 32.2. The third kappa shape index (κ3) is 5.15. The van der Waals surface area contributed by atoms with Gasteiger partial charge in [-0.15, -0.1) is 10.2 Å². The van der Waals surface area contributed by atoms with Crippen molar-refractivity contribution in [3.63, 3.8) is 0 Å². The Morgan fingerprint density at radius 2 is 1.81 bits per heavy atom. The van der Waals surface area contributed by atoms with Crippen LogP contribution in [0.2, 0.25) is 0 Å². The molecule has 1 aromatic heterocycles. The van der Waals surface area contributed by atoms with Crippen LogP contribution >= 0.6 is 0 Å². The fourth-order valence-corrected chi connectivity index (χ4v) is 3.80. The van der Waals surface area contributed by atoms with E-state index < -0.39 is 10.0 Å². The van der Waals surface area contributed by atoms with Crippen molar-refractivity contribution >= 4 is 21.6 Å². The lowest BCUT2D eigenvalue weighted by molar-refractivity contribution is -0.117. The minimum Gasteiger partial charge on any atom is -0.324 e. The first-order chi connectivity index (χ1) is 14.6. The van der Waals surface area contributed by atoms with E-state index in [4.69, 9.17) is 0 Å². The summed E-state index contributed by atoms with van der Waals surface area (Å²) in [6.45, 7) is 5.88. The first-order valence-corrected chi connectivity index (χ1v) is 11.2. The van der Waals surface area contributed by atoms with Crippen LogP contribution in [0, 0.1) is 6.92 Å². The summed E-state index contributed by atoms with van der Waals surface area (Å²) in [6.07, 6.45) is 0. The highest BCUT2D eigenvalue weighted by Crippen LogP contribution is 2.22. The highest BCUT2D eigenvalue weighted by molar-refractivity contribution is 7.89. The number of rotatable bonds is 7. The van der Waals surface area contributed by atoms with Crippen LogP contribution in [0.15, 0.2) is 47.4 Å². The Balaban J connectivity index is 1.72. The van der Waals surface area contributed by atoms with E-state index in [1.807, 2.05) is 24.3 Å². The number of carbonyl (C=O) groups excluding carboxylic acids is 1. The van der Waals surface area contributed by atoms with Gasteiger partial charge in [-0.3, -0.25) is 4.79 Å². The largest absolute Gasteiger partial charge is 0.324 e. The number of carbonyl (C=O) groups is 1. The molecule has 0 saturated heterocycles. The van der Waals surface area contributed by atoms with E-state index in [0.29, 0.717) is 17.4 Å². The highest BCUT2D eigenvalue weighted by Gasteiger charge is 2.19. The summed E-state index contributed by atoms with van der Waals surface area (Å²) in [4.78, 5) is 13.8. The second-order valence-corrected chi connectivity index (χ2v) is 9.88. The maximum atomic E-state index is 12.5. The van der Waals surface area contributed by atoms with Gasteiger partial charge in [-0.2, -0.15) is 4.80 Å². The summed E-state index contributed by atoms with van der Waals surface area (Å²) in [5.74, 6) is 0.469. The van der Waals surface area contributed by atoms with Gasteiger partial charge in [-0.05, 0) is 41.3 Å². The molecule has 0 radical (unpaired) electrons. The second-order valence-electron chi connectivity index (χ2n) is 7.73. The van der Waals surface area contributed by atoms with E-state index in [1.165, 1.54) is 36.6 Å². The van der Waals surface area contributed by atoms with Gasteiger partial charge in [0.2, 0.25) is 21.8 Å². The zero-order valence-electron chi connectivity index (χ0n) is 18.2. The molecule has 0 saturated carbocycles. The van der Waals surface area contributed by atoms with E-state index in [-0.39, 0.29) is 17.3 Å². The lowest BCUT2D eigenvalue weighted by Crippen LogP contribution is -2.23. The third-order valence-corrected chi connectivity index (χ3v) is 6.65. The summed E-state index contributed by atoms with van der Waals surface area (Å²) in [7, 11) is -0.692. The molecule has 9 nitrogen and oxygen atoms in total. The zero-order chi connectivity index (χ0) is 22.8. The van der Waals surface area contributed by atoms with Gasteiger partial charge >= 0.3 is 0 Å². The smallest absolute Gasteiger partial charge is 0.248 e. The molecule has 0 aliphatic rings. The molecule has 2 aromatic carbocycles. The standard InChI is InChI=1S/C21H26N6O3S/c1-14(2)16-7-9-17(10-8-16)21-23-25-27(24-21)13-20(28)22-19-12-18(11-6-15(19)3)31(29,30)26(4)5/h6-12,14H,13H2,1-5H3,(H,22,28). The molecule has 0 bridgehead atoms. The average Bonchev–Trinajstić information content (AvgIpc) is 3.17. The summed E-state index contributed by atoms with van der Waals surface area (Å²) >= 11 is 0. The van der Waals surface area contributed by atoms with E-state index in [2.05, 4.69) is 34.6 Å². The van der Waals surface area contributed by atoms with Crippen molar-refractivity contribution in [1.82, 2.24) is 24.5 Å². The van der Waals surface area contributed by atoms with Gasteiger partial charge in [0.05, 0.1) is 4.90 Å². The number of amides is 1. The van der Waals surface area contributed by atoms with E-state index in [1.54, 1.807) is 13.0 Å². The van der Waals surface area contributed by atoms with E-state index in [9.17, 15) is 13.2 Å². The number of hydrogen-bond donors (Lipinski definition) is 1. The molecule has 3 aromatic rings. The molecule has 1 heterocycles. The summed E-state index contributed by atoms with van der Waals surface area (Å²) in [5, 5.41) is 15.0.